The molecule has 3 fully saturated rings. The lowest BCUT2D eigenvalue weighted by atomic mass is 9.96. The van der Waals surface area contributed by atoms with Gasteiger partial charge in [0.2, 0.25) is 0 Å². The van der Waals surface area contributed by atoms with Crippen molar-refractivity contribution in [3.8, 4) is 0 Å². The molecule has 1 saturated carbocycles. The minimum absolute atomic E-state index is 0.156. The molecule has 4 rings (SSSR count). The number of imide groups is 1. The zero-order valence-electron chi connectivity index (χ0n) is 16.5. The van der Waals surface area contributed by atoms with E-state index in [1.165, 1.54) is 17.7 Å². The van der Waals surface area contributed by atoms with Gasteiger partial charge in [0, 0.05) is 13.1 Å². The zero-order chi connectivity index (χ0) is 19.7. The van der Waals surface area contributed by atoms with E-state index >= 15 is 0 Å². The molecule has 1 unspecified atom stereocenters. The molecule has 1 aromatic carbocycles. The fraction of sp³-hybridized carbons (Fsp3) is 0.571. The largest absolute Gasteiger partial charge is 0.370 e. The summed E-state index contributed by atoms with van der Waals surface area (Å²) in [6.45, 7) is 4.27. The first-order valence-electron chi connectivity index (χ1n) is 10.3. The third kappa shape index (κ3) is 3.57. The molecule has 3 aliphatic rings. The molecule has 2 aliphatic heterocycles. The Labute approximate surface area is 166 Å². The maximum atomic E-state index is 12.8. The average molecular weight is 383 g/mol. The summed E-state index contributed by atoms with van der Waals surface area (Å²) in [4.78, 5) is 33.2. The standard InChI is InChI=1S/C21H29N5O2/c1-21(16-8-9-16)18(27)26(20(28)24-21)17-10-6-15(7-11-17)14-23-19(22)25-12-4-2-3-5-13-25/h6-7,10-11,16H,2-5,8-9,12-14H2,1H3,(H2,22,23)(H,24,28). The van der Waals surface area contributed by atoms with Gasteiger partial charge in [0.05, 0.1) is 12.2 Å². The molecule has 0 aromatic heterocycles. The van der Waals surface area contributed by atoms with E-state index in [-0.39, 0.29) is 17.9 Å². The molecule has 0 bridgehead atoms. The molecular formula is C21H29N5O2. The van der Waals surface area contributed by atoms with Gasteiger partial charge in [-0.2, -0.15) is 0 Å². The number of aliphatic imine (C=N–C) groups is 1. The third-order valence-corrected chi connectivity index (χ3v) is 6.16. The number of carbonyl (C=O) groups is 2. The molecule has 3 N–H and O–H groups in total. The van der Waals surface area contributed by atoms with Gasteiger partial charge in [-0.05, 0) is 56.2 Å². The number of nitrogens with one attached hydrogen (secondary N) is 1. The molecule has 1 aliphatic carbocycles. The number of benzene rings is 1. The Kier molecular flexibility index (Phi) is 5.00. The number of anilines is 1. The average Bonchev–Trinajstić information content (AvgIpc) is 3.51. The van der Waals surface area contributed by atoms with Crippen LogP contribution in [0.2, 0.25) is 0 Å². The van der Waals surface area contributed by atoms with Gasteiger partial charge in [0.15, 0.2) is 5.96 Å². The van der Waals surface area contributed by atoms with Crippen LogP contribution in [0.5, 0.6) is 0 Å². The van der Waals surface area contributed by atoms with Crippen molar-refractivity contribution in [2.24, 2.45) is 16.6 Å². The van der Waals surface area contributed by atoms with E-state index in [2.05, 4.69) is 15.2 Å². The van der Waals surface area contributed by atoms with Crippen LogP contribution in [0.15, 0.2) is 29.3 Å². The lowest BCUT2D eigenvalue weighted by Gasteiger charge is -2.21. The number of amides is 3. The quantitative estimate of drug-likeness (QED) is 0.475. The maximum Gasteiger partial charge on any atom is 0.329 e. The van der Waals surface area contributed by atoms with Crippen LogP contribution in [0.4, 0.5) is 10.5 Å². The van der Waals surface area contributed by atoms with E-state index < -0.39 is 5.54 Å². The summed E-state index contributed by atoms with van der Waals surface area (Å²) in [6.07, 6.45) is 6.83. The Bertz CT molecular complexity index is 778. The molecule has 2 saturated heterocycles. The SMILES string of the molecule is CC1(C2CC2)NC(=O)N(c2ccc(CN=C(N)N3CCCCCC3)cc2)C1=O. The predicted molar refractivity (Wildman–Crippen MR) is 109 cm³/mol. The van der Waals surface area contributed by atoms with Crippen LogP contribution >= 0.6 is 0 Å². The van der Waals surface area contributed by atoms with Crippen molar-refractivity contribution in [2.75, 3.05) is 18.0 Å². The second-order valence-corrected chi connectivity index (χ2v) is 8.29. The number of urea groups is 1. The van der Waals surface area contributed by atoms with Crippen molar-refractivity contribution in [2.45, 2.75) is 57.5 Å². The maximum absolute atomic E-state index is 12.8. The van der Waals surface area contributed by atoms with Gasteiger partial charge < -0.3 is 16.0 Å². The van der Waals surface area contributed by atoms with Gasteiger partial charge in [-0.3, -0.25) is 4.79 Å². The summed E-state index contributed by atoms with van der Waals surface area (Å²) < 4.78 is 0. The Hall–Kier alpha value is -2.57. The summed E-state index contributed by atoms with van der Waals surface area (Å²) in [5.74, 6) is 0.695. The fourth-order valence-electron chi connectivity index (χ4n) is 4.15. The molecule has 7 nitrogen and oxygen atoms in total. The first-order valence-corrected chi connectivity index (χ1v) is 10.3. The number of guanidine groups is 1. The van der Waals surface area contributed by atoms with E-state index in [1.54, 1.807) is 0 Å². The highest BCUT2D eigenvalue weighted by Gasteiger charge is 2.56. The van der Waals surface area contributed by atoms with Crippen LogP contribution in [-0.2, 0) is 11.3 Å². The molecule has 0 spiro atoms. The number of likely N-dealkylation sites (tertiary alicyclic amines) is 1. The van der Waals surface area contributed by atoms with E-state index in [0.29, 0.717) is 18.2 Å². The van der Waals surface area contributed by atoms with Crippen molar-refractivity contribution >= 4 is 23.6 Å². The lowest BCUT2D eigenvalue weighted by molar-refractivity contribution is -0.122. The molecule has 7 heteroatoms. The summed E-state index contributed by atoms with van der Waals surface area (Å²) >= 11 is 0. The van der Waals surface area contributed by atoms with Gasteiger partial charge in [-0.1, -0.05) is 25.0 Å². The van der Waals surface area contributed by atoms with Crippen LogP contribution in [0.25, 0.3) is 0 Å². The smallest absolute Gasteiger partial charge is 0.329 e. The van der Waals surface area contributed by atoms with E-state index in [4.69, 9.17) is 5.73 Å². The Morgan fingerprint density at radius 1 is 1.14 bits per heavy atom. The molecule has 2 heterocycles. The van der Waals surface area contributed by atoms with Crippen LogP contribution in [0.1, 0.15) is 51.0 Å². The Morgan fingerprint density at radius 2 is 1.79 bits per heavy atom. The van der Waals surface area contributed by atoms with Gasteiger partial charge >= 0.3 is 6.03 Å². The van der Waals surface area contributed by atoms with E-state index in [0.717, 1.165) is 44.3 Å². The summed E-state index contributed by atoms with van der Waals surface area (Å²) in [7, 11) is 0. The van der Waals surface area contributed by atoms with Gasteiger partial charge in [-0.15, -0.1) is 0 Å². The van der Waals surface area contributed by atoms with Crippen molar-refractivity contribution in [1.82, 2.24) is 10.2 Å². The van der Waals surface area contributed by atoms with Crippen LogP contribution < -0.4 is 16.0 Å². The number of carbonyl (C=O) groups excluding carboxylic acids is 2. The Balaban J connectivity index is 1.42. The van der Waals surface area contributed by atoms with Crippen molar-refractivity contribution in [3.05, 3.63) is 29.8 Å². The van der Waals surface area contributed by atoms with Gasteiger partial charge in [0.25, 0.3) is 5.91 Å². The lowest BCUT2D eigenvalue weighted by Crippen LogP contribution is -2.46. The summed E-state index contributed by atoms with van der Waals surface area (Å²) in [6, 6.07) is 7.09. The number of rotatable bonds is 4. The highest BCUT2D eigenvalue weighted by molar-refractivity contribution is 6.23. The topological polar surface area (TPSA) is 91.0 Å². The fourth-order valence-corrected chi connectivity index (χ4v) is 4.15. The molecule has 1 atom stereocenters. The van der Waals surface area contributed by atoms with Crippen LogP contribution in [0, 0.1) is 5.92 Å². The second-order valence-electron chi connectivity index (χ2n) is 8.29. The first kappa shape index (κ1) is 18.8. The molecule has 1 aromatic rings. The second kappa shape index (κ2) is 7.45. The number of hydrogen-bond donors (Lipinski definition) is 2. The van der Waals surface area contributed by atoms with Gasteiger partial charge in [-0.25, -0.2) is 14.7 Å². The van der Waals surface area contributed by atoms with E-state index in [1.807, 2.05) is 31.2 Å². The molecule has 150 valence electrons. The number of nitrogens with two attached hydrogens (primary N) is 1. The minimum atomic E-state index is -0.762. The first-order chi connectivity index (χ1) is 13.5. The summed E-state index contributed by atoms with van der Waals surface area (Å²) in [5, 5.41) is 2.88. The predicted octanol–water partition coefficient (Wildman–Crippen LogP) is 2.60. The van der Waals surface area contributed by atoms with Gasteiger partial charge in [0.1, 0.15) is 5.54 Å². The van der Waals surface area contributed by atoms with Crippen molar-refractivity contribution < 1.29 is 9.59 Å². The minimum Gasteiger partial charge on any atom is -0.370 e. The normalized spacial score (nSPS) is 26.4. The molecule has 28 heavy (non-hydrogen) atoms. The summed E-state index contributed by atoms with van der Waals surface area (Å²) in [5.41, 5.74) is 7.00. The third-order valence-electron chi connectivity index (χ3n) is 6.16. The molecule has 3 amide bonds. The van der Waals surface area contributed by atoms with Crippen molar-refractivity contribution in [3.63, 3.8) is 0 Å². The van der Waals surface area contributed by atoms with Crippen LogP contribution in [0.3, 0.4) is 0 Å². The molecule has 0 radical (unpaired) electrons. The Morgan fingerprint density at radius 3 is 2.39 bits per heavy atom. The van der Waals surface area contributed by atoms with Crippen LogP contribution in [-0.4, -0.2) is 41.4 Å². The highest BCUT2D eigenvalue weighted by atomic mass is 16.2. The highest BCUT2D eigenvalue weighted by Crippen LogP contribution is 2.43. The van der Waals surface area contributed by atoms with E-state index in [9.17, 15) is 9.59 Å². The monoisotopic (exact) mass is 383 g/mol. The number of hydrogen-bond acceptors (Lipinski definition) is 3. The van der Waals surface area contributed by atoms with Crippen molar-refractivity contribution in [1.29, 1.82) is 0 Å². The zero-order valence-corrected chi connectivity index (χ0v) is 16.5. The molecular weight excluding hydrogens is 354 g/mol. The number of nitrogens with zero attached hydrogens (tertiary/aromatic N) is 3.